The third kappa shape index (κ3) is 6.01. The second-order valence-electron chi connectivity index (χ2n) is 9.56. The fraction of sp³-hybridized carbons (Fsp3) is 0.323. The van der Waals surface area contributed by atoms with Crippen LogP contribution in [0.3, 0.4) is 0 Å². The Morgan fingerprint density at radius 3 is 2.23 bits per heavy atom. The van der Waals surface area contributed by atoms with Crippen LogP contribution < -0.4 is 10.2 Å². The van der Waals surface area contributed by atoms with Crippen molar-refractivity contribution in [1.82, 2.24) is 10.3 Å². The highest BCUT2D eigenvalue weighted by molar-refractivity contribution is 5.71. The molecule has 1 N–H and O–H groups in total. The largest absolute Gasteiger partial charge is 0.423 e. The third-order valence-electron chi connectivity index (χ3n) is 6.85. The van der Waals surface area contributed by atoms with Crippen LogP contribution in [-0.4, -0.2) is 18.1 Å². The standard InChI is InChI=1S/C31H35N3O/c1-24-15-17-26(18-16-24)23-32-28(20-19-25-11-5-2-6-12-25)30-33-29(27-13-7-3-8-14-27)31(35-30)34-21-9-4-10-22-34/h2-3,5-8,11-18,28,32H,4,9-10,19-23H2,1H3. The smallest absolute Gasteiger partial charge is 0.224 e. The van der Waals surface area contributed by atoms with E-state index in [1.54, 1.807) is 0 Å². The summed E-state index contributed by atoms with van der Waals surface area (Å²) in [6.45, 7) is 4.96. The van der Waals surface area contributed by atoms with Gasteiger partial charge in [0.05, 0.1) is 6.04 Å². The molecule has 1 saturated heterocycles. The molecule has 1 atom stereocenters. The van der Waals surface area contributed by atoms with E-state index in [0.717, 1.165) is 55.5 Å². The van der Waals surface area contributed by atoms with E-state index < -0.39 is 0 Å². The predicted octanol–water partition coefficient (Wildman–Crippen LogP) is 7.10. The van der Waals surface area contributed by atoms with Gasteiger partial charge in [-0.15, -0.1) is 0 Å². The number of nitrogens with zero attached hydrogens (tertiary/aromatic N) is 2. The van der Waals surface area contributed by atoms with Crippen LogP contribution >= 0.6 is 0 Å². The Balaban J connectivity index is 1.44. The van der Waals surface area contributed by atoms with Crippen LogP contribution in [0.5, 0.6) is 0 Å². The van der Waals surface area contributed by atoms with Crippen molar-refractivity contribution in [2.24, 2.45) is 0 Å². The van der Waals surface area contributed by atoms with Crippen molar-refractivity contribution in [2.45, 2.75) is 51.6 Å². The third-order valence-corrected chi connectivity index (χ3v) is 6.85. The second-order valence-corrected chi connectivity index (χ2v) is 9.56. The van der Waals surface area contributed by atoms with Crippen LogP contribution in [-0.2, 0) is 13.0 Å². The molecule has 5 rings (SSSR count). The Labute approximate surface area is 209 Å². The van der Waals surface area contributed by atoms with E-state index in [9.17, 15) is 0 Å². The van der Waals surface area contributed by atoms with Gasteiger partial charge in [-0.25, -0.2) is 4.98 Å². The SMILES string of the molecule is Cc1ccc(CNC(CCc2ccccc2)c2nc(-c3ccccc3)c(N3CCCCC3)o2)cc1. The van der Waals surface area contributed by atoms with Crippen molar-refractivity contribution in [3.63, 3.8) is 0 Å². The van der Waals surface area contributed by atoms with Crippen LogP contribution in [0.25, 0.3) is 11.3 Å². The fourth-order valence-corrected chi connectivity index (χ4v) is 4.79. The van der Waals surface area contributed by atoms with Crippen molar-refractivity contribution in [3.05, 3.63) is 108 Å². The van der Waals surface area contributed by atoms with Gasteiger partial charge in [0, 0.05) is 25.2 Å². The first-order chi connectivity index (χ1) is 17.3. The van der Waals surface area contributed by atoms with E-state index in [2.05, 4.69) is 102 Å². The molecule has 1 fully saturated rings. The number of hydrogen-bond acceptors (Lipinski definition) is 4. The van der Waals surface area contributed by atoms with E-state index in [1.807, 2.05) is 0 Å². The highest BCUT2D eigenvalue weighted by atomic mass is 16.4. The first kappa shape index (κ1) is 23.4. The summed E-state index contributed by atoms with van der Waals surface area (Å²) in [5.41, 5.74) is 5.96. The van der Waals surface area contributed by atoms with Gasteiger partial charge in [0.25, 0.3) is 0 Å². The molecule has 1 aliphatic rings. The van der Waals surface area contributed by atoms with Crippen molar-refractivity contribution in [2.75, 3.05) is 18.0 Å². The predicted molar refractivity (Wildman–Crippen MR) is 144 cm³/mol. The molecule has 0 radical (unpaired) electrons. The van der Waals surface area contributed by atoms with Crippen molar-refractivity contribution < 1.29 is 4.42 Å². The number of hydrogen-bond donors (Lipinski definition) is 1. The number of rotatable bonds is 9. The van der Waals surface area contributed by atoms with E-state index in [4.69, 9.17) is 9.40 Å². The van der Waals surface area contributed by atoms with Crippen LogP contribution in [0.15, 0.2) is 89.3 Å². The molecular weight excluding hydrogens is 430 g/mol. The van der Waals surface area contributed by atoms with Gasteiger partial charge in [0.1, 0.15) is 5.69 Å². The van der Waals surface area contributed by atoms with E-state index in [-0.39, 0.29) is 6.04 Å². The molecule has 0 aliphatic carbocycles. The van der Waals surface area contributed by atoms with Crippen molar-refractivity contribution >= 4 is 5.88 Å². The van der Waals surface area contributed by atoms with Gasteiger partial charge in [-0.1, -0.05) is 90.5 Å². The maximum atomic E-state index is 6.62. The van der Waals surface area contributed by atoms with Gasteiger partial charge >= 0.3 is 0 Å². The quantitative estimate of drug-likeness (QED) is 0.286. The number of piperidine rings is 1. The molecule has 4 nitrogen and oxygen atoms in total. The average Bonchev–Trinajstić information content (AvgIpc) is 3.37. The number of aromatic nitrogens is 1. The van der Waals surface area contributed by atoms with E-state index in [1.165, 1.54) is 36.0 Å². The second kappa shape index (κ2) is 11.4. The number of oxazole rings is 1. The fourth-order valence-electron chi connectivity index (χ4n) is 4.79. The van der Waals surface area contributed by atoms with Gasteiger partial charge in [0.2, 0.25) is 11.8 Å². The first-order valence-corrected chi connectivity index (χ1v) is 12.9. The summed E-state index contributed by atoms with van der Waals surface area (Å²) in [5.74, 6) is 1.71. The van der Waals surface area contributed by atoms with Crippen molar-refractivity contribution in [3.8, 4) is 11.3 Å². The average molecular weight is 466 g/mol. The number of benzene rings is 3. The summed E-state index contributed by atoms with van der Waals surface area (Å²) in [4.78, 5) is 7.51. The molecule has 1 aliphatic heterocycles. The summed E-state index contributed by atoms with van der Waals surface area (Å²) >= 11 is 0. The monoisotopic (exact) mass is 465 g/mol. The normalized spacial score (nSPS) is 14.7. The molecule has 0 bridgehead atoms. The Bertz CT molecular complexity index is 1180. The maximum absolute atomic E-state index is 6.62. The molecular formula is C31H35N3O. The highest BCUT2D eigenvalue weighted by Gasteiger charge is 2.26. The summed E-state index contributed by atoms with van der Waals surface area (Å²) < 4.78 is 6.62. The van der Waals surface area contributed by atoms with Crippen LogP contribution in [0, 0.1) is 6.92 Å². The molecule has 180 valence electrons. The molecule has 1 aromatic heterocycles. The van der Waals surface area contributed by atoms with Crippen molar-refractivity contribution in [1.29, 1.82) is 0 Å². The first-order valence-electron chi connectivity index (χ1n) is 12.9. The molecule has 1 unspecified atom stereocenters. The Kier molecular flexibility index (Phi) is 7.59. The van der Waals surface area contributed by atoms with Gasteiger partial charge < -0.3 is 14.6 Å². The lowest BCUT2D eigenvalue weighted by atomic mass is 10.0. The lowest BCUT2D eigenvalue weighted by Gasteiger charge is -2.26. The summed E-state index contributed by atoms with van der Waals surface area (Å²) in [6, 6.07) is 29.9. The minimum Gasteiger partial charge on any atom is -0.423 e. The molecule has 4 heteroatoms. The molecule has 2 heterocycles. The molecule has 3 aromatic carbocycles. The topological polar surface area (TPSA) is 41.3 Å². The molecule has 4 aromatic rings. The molecule has 35 heavy (non-hydrogen) atoms. The lowest BCUT2D eigenvalue weighted by Crippen LogP contribution is -2.29. The van der Waals surface area contributed by atoms with Gasteiger partial charge in [0.15, 0.2) is 0 Å². The highest BCUT2D eigenvalue weighted by Crippen LogP contribution is 2.35. The van der Waals surface area contributed by atoms with Gasteiger partial charge in [-0.2, -0.15) is 0 Å². The number of aryl methyl sites for hydroxylation is 2. The minimum absolute atomic E-state index is 0.0255. The molecule has 0 amide bonds. The zero-order valence-electron chi connectivity index (χ0n) is 20.6. The summed E-state index contributed by atoms with van der Waals surface area (Å²) in [6.07, 6.45) is 5.58. The zero-order valence-corrected chi connectivity index (χ0v) is 20.6. The minimum atomic E-state index is 0.0255. The maximum Gasteiger partial charge on any atom is 0.224 e. The van der Waals surface area contributed by atoms with Crippen LogP contribution in [0.1, 0.15) is 54.3 Å². The lowest BCUT2D eigenvalue weighted by molar-refractivity contribution is 0.376. The van der Waals surface area contributed by atoms with Crippen LogP contribution in [0.4, 0.5) is 5.88 Å². The summed E-state index contributed by atoms with van der Waals surface area (Å²) in [7, 11) is 0. The summed E-state index contributed by atoms with van der Waals surface area (Å²) in [5, 5.41) is 3.76. The van der Waals surface area contributed by atoms with E-state index >= 15 is 0 Å². The van der Waals surface area contributed by atoms with E-state index in [0.29, 0.717) is 0 Å². The number of anilines is 1. The Hall–Kier alpha value is -3.37. The van der Waals surface area contributed by atoms with Gasteiger partial charge in [-0.05, 0) is 50.2 Å². The zero-order chi connectivity index (χ0) is 23.9. The molecule has 0 saturated carbocycles. The number of nitrogens with one attached hydrogen (secondary N) is 1. The van der Waals surface area contributed by atoms with Crippen LogP contribution in [0.2, 0.25) is 0 Å². The Morgan fingerprint density at radius 2 is 1.51 bits per heavy atom. The molecule has 0 spiro atoms. The Morgan fingerprint density at radius 1 is 0.829 bits per heavy atom. The van der Waals surface area contributed by atoms with Gasteiger partial charge in [-0.3, -0.25) is 0 Å².